The average molecular weight is 387 g/mol. The molecule has 0 unspecified atom stereocenters. The molecule has 144 valence electrons. The van der Waals surface area contributed by atoms with Crippen LogP contribution in [-0.4, -0.2) is 57.2 Å². The van der Waals surface area contributed by atoms with Gasteiger partial charge in [0.05, 0.1) is 24.7 Å². The molecule has 11 heteroatoms. The molecule has 1 aliphatic heterocycles. The van der Waals surface area contributed by atoms with Crippen LogP contribution in [0, 0.1) is 10.1 Å². The first-order valence-corrected chi connectivity index (χ1v) is 9.53. The van der Waals surface area contributed by atoms with E-state index in [1.54, 1.807) is 6.92 Å². The number of methoxy groups -OCH3 is 1. The first-order chi connectivity index (χ1) is 12.3. The van der Waals surface area contributed by atoms with Crippen molar-refractivity contribution in [3.63, 3.8) is 0 Å². The van der Waals surface area contributed by atoms with E-state index in [9.17, 15) is 23.3 Å². The highest BCUT2D eigenvalue weighted by molar-refractivity contribution is 7.89. The third-order valence-electron chi connectivity index (χ3n) is 4.00. The number of nitro benzene ring substituents is 1. The number of hydrogen-bond acceptors (Lipinski definition) is 7. The number of rotatable bonds is 6. The topological polar surface area (TPSA) is 128 Å². The molecule has 26 heavy (non-hydrogen) atoms. The van der Waals surface area contributed by atoms with Crippen LogP contribution in [0.4, 0.5) is 10.5 Å². The minimum atomic E-state index is -4.09. The summed E-state index contributed by atoms with van der Waals surface area (Å²) in [6, 6.07) is 3.14. The number of nitro groups is 1. The van der Waals surface area contributed by atoms with Gasteiger partial charge in [-0.15, -0.1) is 0 Å². The Labute approximate surface area is 151 Å². The summed E-state index contributed by atoms with van der Waals surface area (Å²) < 4.78 is 37.5. The molecule has 1 saturated heterocycles. The highest BCUT2D eigenvalue weighted by Crippen LogP contribution is 2.28. The Morgan fingerprint density at radius 2 is 2.04 bits per heavy atom. The molecule has 0 bridgehead atoms. The van der Waals surface area contributed by atoms with Gasteiger partial charge in [-0.3, -0.25) is 10.1 Å². The quantitative estimate of drug-likeness (QED) is 0.578. The van der Waals surface area contributed by atoms with E-state index >= 15 is 0 Å². The van der Waals surface area contributed by atoms with Crippen LogP contribution in [0.1, 0.15) is 19.8 Å². The van der Waals surface area contributed by atoms with Crippen molar-refractivity contribution in [3.8, 4) is 5.75 Å². The third-order valence-corrected chi connectivity index (χ3v) is 5.56. The smallest absolute Gasteiger partial charge is 0.409 e. The number of nitrogens with zero attached hydrogens (tertiary/aromatic N) is 2. The highest BCUT2D eigenvalue weighted by atomic mass is 32.2. The lowest BCUT2D eigenvalue weighted by Gasteiger charge is -2.31. The summed E-state index contributed by atoms with van der Waals surface area (Å²) in [7, 11) is -2.75. The van der Waals surface area contributed by atoms with Crippen LogP contribution >= 0.6 is 0 Å². The maximum Gasteiger partial charge on any atom is 0.409 e. The van der Waals surface area contributed by atoms with Gasteiger partial charge in [-0.1, -0.05) is 0 Å². The maximum atomic E-state index is 12.6. The lowest BCUT2D eigenvalue weighted by Crippen LogP contribution is -2.46. The van der Waals surface area contributed by atoms with Gasteiger partial charge in [-0.2, -0.15) is 0 Å². The van der Waals surface area contributed by atoms with Gasteiger partial charge in [0.1, 0.15) is 5.75 Å². The number of piperidine rings is 1. The standard InChI is InChI=1S/C15H21N3O7S/c1-3-25-15(19)17-8-6-11(7-9-17)16-26(22,23)14-5-4-12(24-2)10-13(14)18(20)21/h4-5,10-11,16H,3,6-9H2,1-2H3. The molecule has 0 atom stereocenters. The summed E-state index contributed by atoms with van der Waals surface area (Å²) in [6.45, 7) is 2.67. The second-order valence-corrected chi connectivity index (χ2v) is 7.35. The molecular weight excluding hydrogens is 366 g/mol. The predicted octanol–water partition coefficient (Wildman–Crippen LogP) is 1.50. The third kappa shape index (κ3) is 4.61. The predicted molar refractivity (Wildman–Crippen MR) is 91.6 cm³/mol. The van der Waals surface area contributed by atoms with Gasteiger partial charge in [0.15, 0.2) is 4.90 Å². The number of nitrogens with one attached hydrogen (secondary N) is 1. The second-order valence-electron chi connectivity index (χ2n) is 5.67. The molecule has 1 amide bonds. The van der Waals surface area contributed by atoms with Crippen molar-refractivity contribution in [2.45, 2.75) is 30.7 Å². The molecule has 2 rings (SSSR count). The lowest BCUT2D eigenvalue weighted by molar-refractivity contribution is -0.387. The lowest BCUT2D eigenvalue weighted by atomic mass is 10.1. The SMILES string of the molecule is CCOC(=O)N1CCC(NS(=O)(=O)c2ccc(OC)cc2[N+](=O)[O-])CC1. The molecule has 1 heterocycles. The van der Waals surface area contributed by atoms with Crippen molar-refractivity contribution in [1.82, 2.24) is 9.62 Å². The van der Waals surface area contributed by atoms with Crippen molar-refractivity contribution in [2.24, 2.45) is 0 Å². The van der Waals surface area contributed by atoms with E-state index < -0.39 is 37.7 Å². The molecule has 0 aliphatic carbocycles. The Bertz CT molecular complexity index is 773. The minimum absolute atomic E-state index is 0.193. The number of sulfonamides is 1. The van der Waals surface area contributed by atoms with Crippen molar-refractivity contribution in [3.05, 3.63) is 28.3 Å². The molecule has 1 aliphatic rings. The number of carbonyl (C=O) groups excluding carboxylic acids is 1. The first-order valence-electron chi connectivity index (χ1n) is 8.05. The number of carbonyl (C=O) groups is 1. The first kappa shape index (κ1) is 19.9. The van der Waals surface area contributed by atoms with E-state index in [0.29, 0.717) is 25.9 Å². The Morgan fingerprint density at radius 1 is 1.38 bits per heavy atom. The molecule has 0 spiro atoms. The van der Waals surface area contributed by atoms with E-state index in [4.69, 9.17) is 9.47 Å². The van der Waals surface area contributed by atoms with Crippen LogP contribution in [0.5, 0.6) is 5.75 Å². The molecule has 0 radical (unpaired) electrons. The highest BCUT2D eigenvalue weighted by Gasteiger charge is 2.31. The fourth-order valence-electron chi connectivity index (χ4n) is 2.67. The van der Waals surface area contributed by atoms with Crippen LogP contribution in [0.3, 0.4) is 0 Å². The van der Waals surface area contributed by atoms with E-state index in [1.165, 1.54) is 18.1 Å². The Morgan fingerprint density at radius 3 is 2.58 bits per heavy atom. The molecule has 1 aromatic carbocycles. The van der Waals surface area contributed by atoms with Crippen molar-refractivity contribution in [1.29, 1.82) is 0 Å². The monoisotopic (exact) mass is 387 g/mol. The van der Waals surface area contributed by atoms with Crippen molar-refractivity contribution >= 4 is 21.8 Å². The molecule has 10 nitrogen and oxygen atoms in total. The van der Waals surface area contributed by atoms with Gasteiger partial charge in [-0.05, 0) is 31.9 Å². The van der Waals surface area contributed by atoms with E-state index in [2.05, 4.69) is 4.72 Å². The van der Waals surface area contributed by atoms with Gasteiger partial charge in [-0.25, -0.2) is 17.9 Å². The van der Waals surface area contributed by atoms with Crippen LogP contribution in [0.15, 0.2) is 23.1 Å². The van der Waals surface area contributed by atoms with Gasteiger partial charge in [0.2, 0.25) is 10.0 Å². The second kappa shape index (κ2) is 8.32. The maximum absolute atomic E-state index is 12.6. The Hall–Kier alpha value is -2.40. The van der Waals surface area contributed by atoms with Gasteiger partial charge < -0.3 is 14.4 Å². The summed E-state index contributed by atoms with van der Waals surface area (Å²) in [4.78, 5) is 23.2. The van der Waals surface area contributed by atoms with Gasteiger partial charge >= 0.3 is 6.09 Å². The van der Waals surface area contributed by atoms with Crippen LogP contribution < -0.4 is 9.46 Å². The minimum Gasteiger partial charge on any atom is -0.497 e. The number of likely N-dealkylation sites (tertiary alicyclic amines) is 1. The van der Waals surface area contributed by atoms with Crippen molar-refractivity contribution < 1.29 is 27.6 Å². The van der Waals surface area contributed by atoms with Gasteiger partial charge in [0, 0.05) is 19.1 Å². The van der Waals surface area contributed by atoms with E-state index in [-0.39, 0.29) is 12.4 Å². The molecule has 0 saturated carbocycles. The Kier molecular flexibility index (Phi) is 6.37. The van der Waals surface area contributed by atoms with Crippen LogP contribution in [-0.2, 0) is 14.8 Å². The van der Waals surface area contributed by atoms with E-state index in [1.807, 2.05) is 0 Å². The average Bonchev–Trinajstić information content (AvgIpc) is 2.61. The normalized spacial score (nSPS) is 15.5. The molecule has 1 fully saturated rings. The molecular formula is C15H21N3O7S. The van der Waals surface area contributed by atoms with Crippen LogP contribution in [0.2, 0.25) is 0 Å². The summed E-state index contributed by atoms with van der Waals surface area (Å²) >= 11 is 0. The largest absolute Gasteiger partial charge is 0.497 e. The van der Waals surface area contributed by atoms with E-state index in [0.717, 1.165) is 12.1 Å². The summed E-state index contributed by atoms with van der Waals surface area (Å²) in [5, 5.41) is 11.2. The van der Waals surface area contributed by atoms with Gasteiger partial charge in [0.25, 0.3) is 5.69 Å². The zero-order valence-corrected chi connectivity index (χ0v) is 15.3. The van der Waals surface area contributed by atoms with Crippen molar-refractivity contribution in [2.75, 3.05) is 26.8 Å². The Balaban J connectivity index is 2.11. The molecule has 1 N–H and O–H groups in total. The summed E-state index contributed by atoms with van der Waals surface area (Å²) in [6.07, 6.45) is 0.351. The number of benzene rings is 1. The summed E-state index contributed by atoms with van der Waals surface area (Å²) in [5.41, 5.74) is -0.555. The number of amides is 1. The zero-order chi connectivity index (χ0) is 19.3. The molecule has 0 aromatic heterocycles. The van der Waals surface area contributed by atoms with Crippen LogP contribution in [0.25, 0.3) is 0 Å². The fraction of sp³-hybridized carbons (Fsp3) is 0.533. The fourth-order valence-corrected chi connectivity index (χ4v) is 4.13. The number of hydrogen-bond donors (Lipinski definition) is 1. The summed E-state index contributed by atoms with van der Waals surface area (Å²) in [5.74, 6) is 0.193. The molecule has 1 aromatic rings. The zero-order valence-electron chi connectivity index (χ0n) is 14.5. The number of ether oxygens (including phenoxy) is 2.